The third-order valence-electron chi connectivity index (χ3n) is 3.96. The Hall–Kier alpha value is -3.01. The van der Waals surface area contributed by atoms with Crippen molar-refractivity contribution in [3.8, 4) is 17.5 Å². The second-order valence-electron chi connectivity index (χ2n) is 6.02. The van der Waals surface area contributed by atoms with Gasteiger partial charge in [0.1, 0.15) is 5.82 Å². The van der Waals surface area contributed by atoms with Crippen LogP contribution in [0.2, 0.25) is 0 Å². The molecule has 0 bridgehead atoms. The molecule has 0 spiro atoms. The molecule has 0 fully saturated rings. The smallest absolute Gasteiger partial charge is 0.254 e. The van der Waals surface area contributed by atoms with Crippen molar-refractivity contribution < 1.29 is 4.79 Å². The van der Waals surface area contributed by atoms with E-state index < -0.39 is 0 Å². The van der Waals surface area contributed by atoms with Gasteiger partial charge in [-0.3, -0.25) is 14.6 Å². The summed E-state index contributed by atoms with van der Waals surface area (Å²) >= 11 is 0. The summed E-state index contributed by atoms with van der Waals surface area (Å²) in [5, 5.41) is 8.82. The Morgan fingerprint density at radius 1 is 1.40 bits per heavy atom. The van der Waals surface area contributed by atoms with Crippen LogP contribution >= 0.6 is 0 Å². The first-order chi connectivity index (χ1) is 11.9. The predicted octanol–water partition coefficient (Wildman–Crippen LogP) is 1.69. The number of nitrogens with zero attached hydrogens (tertiary/aromatic N) is 4. The molecule has 2 aromatic heterocycles. The molecule has 1 atom stereocenters. The number of nitrogens with one attached hydrogen (secondary N) is 1. The van der Waals surface area contributed by atoms with E-state index in [4.69, 9.17) is 5.26 Å². The molecule has 2 heterocycles. The molecule has 0 aliphatic carbocycles. The van der Waals surface area contributed by atoms with Gasteiger partial charge in [0.2, 0.25) is 5.91 Å². The Morgan fingerprint density at radius 2 is 2.08 bits per heavy atom. The van der Waals surface area contributed by atoms with E-state index in [0.717, 1.165) is 5.56 Å². The van der Waals surface area contributed by atoms with Crippen LogP contribution in [0, 0.1) is 24.2 Å². The molecule has 1 amide bonds. The largest absolute Gasteiger partial charge is 0.344 e. The number of H-pyrrole nitrogens is 1. The first kappa shape index (κ1) is 18.3. The fraction of sp³-hybridized carbons (Fsp3) is 0.389. The van der Waals surface area contributed by atoms with Crippen molar-refractivity contribution in [2.45, 2.75) is 26.7 Å². The summed E-state index contributed by atoms with van der Waals surface area (Å²) in [6.07, 6.45) is 3.79. The van der Waals surface area contributed by atoms with Crippen molar-refractivity contribution >= 4 is 5.91 Å². The fourth-order valence-electron chi connectivity index (χ4n) is 2.53. The van der Waals surface area contributed by atoms with Crippen LogP contribution in [0.5, 0.6) is 0 Å². The van der Waals surface area contributed by atoms with Crippen molar-refractivity contribution in [2.24, 2.45) is 5.92 Å². The van der Waals surface area contributed by atoms with Gasteiger partial charge in [0.05, 0.1) is 12.0 Å². The fourth-order valence-corrected chi connectivity index (χ4v) is 2.53. The van der Waals surface area contributed by atoms with Gasteiger partial charge in [-0.25, -0.2) is 4.98 Å². The summed E-state index contributed by atoms with van der Waals surface area (Å²) in [7, 11) is 1.66. The molecule has 25 heavy (non-hydrogen) atoms. The normalized spacial score (nSPS) is 11.6. The highest BCUT2D eigenvalue weighted by Gasteiger charge is 2.15. The molecule has 1 unspecified atom stereocenters. The van der Waals surface area contributed by atoms with Crippen LogP contribution in [-0.2, 0) is 11.2 Å². The van der Waals surface area contributed by atoms with E-state index in [2.05, 4.69) is 21.0 Å². The molecule has 7 nitrogen and oxygen atoms in total. The predicted molar refractivity (Wildman–Crippen MR) is 93.6 cm³/mol. The molecule has 0 aliphatic heterocycles. The van der Waals surface area contributed by atoms with Gasteiger partial charge < -0.3 is 9.88 Å². The van der Waals surface area contributed by atoms with Crippen molar-refractivity contribution in [1.82, 2.24) is 19.9 Å². The van der Waals surface area contributed by atoms with Crippen LogP contribution in [0.15, 0.2) is 29.3 Å². The van der Waals surface area contributed by atoms with Crippen LogP contribution in [0.25, 0.3) is 11.4 Å². The average Bonchev–Trinajstić information content (AvgIpc) is 2.61. The first-order valence-electron chi connectivity index (χ1n) is 8.06. The lowest BCUT2D eigenvalue weighted by molar-refractivity contribution is -0.130. The zero-order valence-corrected chi connectivity index (χ0v) is 14.6. The minimum absolute atomic E-state index is 0.0980. The Morgan fingerprint density at radius 3 is 2.68 bits per heavy atom. The van der Waals surface area contributed by atoms with Crippen LogP contribution in [-0.4, -0.2) is 39.4 Å². The van der Waals surface area contributed by atoms with E-state index in [1.165, 1.54) is 4.90 Å². The molecule has 0 aliphatic rings. The lowest BCUT2D eigenvalue weighted by Crippen LogP contribution is -2.31. The van der Waals surface area contributed by atoms with Gasteiger partial charge in [-0.2, -0.15) is 5.26 Å². The number of amides is 1. The molecule has 0 radical (unpaired) electrons. The summed E-state index contributed by atoms with van der Waals surface area (Å²) in [5.41, 5.74) is 1.66. The van der Waals surface area contributed by atoms with Gasteiger partial charge in [-0.15, -0.1) is 0 Å². The number of pyridine rings is 1. The van der Waals surface area contributed by atoms with E-state index in [1.54, 1.807) is 45.4 Å². The molecular weight excluding hydrogens is 318 g/mol. The summed E-state index contributed by atoms with van der Waals surface area (Å²) in [4.78, 5) is 37.2. The summed E-state index contributed by atoms with van der Waals surface area (Å²) in [6, 6.07) is 5.64. The van der Waals surface area contributed by atoms with Gasteiger partial charge in [0.15, 0.2) is 0 Å². The van der Waals surface area contributed by atoms with E-state index in [1.807, 2.05) is 0 Å². The molecule has 7 heteroatoms. The lowest BCUT2D eigenvalue weighted by atomic mass is 10.1. The second kappa shape index (κ2) is 8.20. The average molecular weight is 339 g/mol. The van der Waals surface area contributed by atoms with Gasteiger partial charge in [0.25, 0.3) is 5.56 Å². The number of aryl methyl sites for hydroxylation is 1. The van der Waals surface area contributed by atoms with Crippen LogP contribution in [0.3, 0.4) is 0 Å². The highest BCUT2D eigenvalue weighted by atomic mass is 16.2. The summed E-state index contributed by atoms with van der Waals surface area (Å²) in [6.45, 7) is 3.91. The molecule has 0 saturated heterocycles. The van der Waals surface area contributed by atoms with E-state index in [-0.39, 0.29) is 23.8 Å². The minimum atomic E-state index is -0.236. The maximum Gasteiger partial charge on any atom is 0.254 e. The second-order valence-corrected chi connectivity index (χ2v) is 6.02. The highest BCUT2D eigenvalue weighted by molar-refractivity contribution is 5.76. The maximum atomic E-state index is 12.4. The number of aromatic amines is 1. The number of carbonyl (C=O) groups excluding carboxylic acids is 1. The van der Waals surface area contributed by atoms with Crippen molar-refractivity contribution in [3.63, 3.8) is 0 Å². The molecular formula is C18H21N5O2. The van der Waals surface area contributed by atoms with E-state index in [0.29, 0.717) is 30.0 Å². The van der Waals surface area contributed by atoms with Crippen molar-refractivity contribution in [1.29, 1.82) is 5.26 Å². The number of nitriles is 1. The topological polar surface area (TPSA) is 103 Å². The Balaban J connectivity index is 2.10. The third-order valence-corrected chi connectivity index (χ3v) is 3.96. The van der Waals surface area contributed by atoms with Gasteiger partial charge in [0, 0.05) is 49.2 Å². The number of aromatic nitrogens is 3. The molecule has 0 saturated carbocycles. The minimum Gasteiger partial charge on any atom is -0.344 e. The Labute approximate surface area is 146 Å². The Bertz CT molecular complexity index is 839. The van der Waals surface area contributed by atoms with E-state index in [9.17, 15) is 9.59 Å². The summed E-state index contributed by atoms with van der Waals surface area (Å²) < 4.78 is 0. The quantitative estimate of drug-likeness (QED) is 0.862. The molecule has 1 N–H and O–H groups in total. The van der Waals surface area contributed by atoms with Gasteiger partial charge in [-0.1, -0.05) is 0 Å². The summed E-state index contributed by atoms with van der Waals surface area (Å²) in [5.74, 6) is 0.166. The standard InChI is InChI=1S/C18H21N5O2/c1-12(10-19)11-23(3)16(24)5-4-15-13(2)21-17(22-18(15)25)14-6-8-20-9-7-14/h6-9,12H,4-5,11H2,1-3H3,(H,21,22,25). The number of hydrogen-bond acceptors (Lipinski definition) is 5. The van der Waals surface area contributed by atoms with Crippen molar-refractivity contribution in [2.75, 3.05) is 13.6 Å². The SMILES string of the molecule is Cc1nc(-c2ccncc2)[nH]c(=O)c1CCC(=O)N(C)CC(C)C#N. The van der Waals surface area contributed by atoms with Gasteiger partial charge in [-0.05, 0) is 32.4 Å². The van der Waals surface area contributed by atoms with Crippen LogP contribution < -0.4 is 5.56 Å². The zero-order chi connectivity index (χ0) is 18.4. The number of carbonyl (C=O) groups is 1. The zero-order valence-electron chi connectivity index (χ0n) is 14.6. The first-order valence-corrected chi connectivity index (χ1v) is 8.06. The number of hydrogen-bond donors (Lipinski definition) is 1. The van der Waals surface area contributed by atoms with Crippen molar-refractivity contribution in [3.05, 3.63) is 46.1 Å². The number of rotatable bonds is 6. The lowest BCUT2D eigenvalue weighted by Gasteiger charge is -2.18. The molecule has 2 rings (SSSR count). The van der Waals surface area contributed by atoms with Crippen LogP contribution in [0.4, 0.5) is 0 Å². The molecule has 2 aromatic rings. The maximum absolute atomic E-state index is 12.4. The molecule has 130 valence electrons. The molecule has 0 aromatic carbocycles. The monoisotopic (exact) mass is 339 g/mol. The Kier molecular flexibility index (Phi) is 6.01. The third kappa shape index (κ3) is 4.73. The highest BCUT2D eigenvalue weighted by Crippen LogP contribution is 2.13. The van der Waals surface area contributed by atoms with E-state index >= 15 is 0 Å². The van der Waals surface area contributed by atoms with Gasteiger partial charge >= 0.3 is 0 Å². The van der Waals surface area contributed by atoms with Crippen LogP contribution in [0.1, 0.15) is 24.6 Å².